The molecule has 0 aliphatic heterocycles. The third-order valence-electron chi connectivity index (χ3n) is 3.13. The zero-order valence-corrected chi connectivity index (χ0v) is 11.4. The van der Waals surface area contributed by atoms with Crippen molar-refractivity contribution in [2.75, 3.05) is 12.3 Å². The molecule has 0 bridgehead atoms. The van der Waals surface area contributed by atoms with Crippen molar-refractivity contribution in [2.24, 2.45) is 0 Å². The summed E-state index contributed by atoms with van der Waals surface area (Å²) >= 11 is 0. The lowest BCUT2D eigenvalue weighted by atomic mass is 10.2. The minimum absolute atomic E-state index is 0.636. The van der Waals surface area contributed by atoms with E-state index in [1.54, 1.807) is 0 Å². The van der Waals surface area contributed by atoms with Gasteiger partial charge in [-0.15, -0.1) is 0 Å². The van der Waals surface area contributed by atoms with Gasteiger partial charge in [-0.25, -0.2) is 4.98 Å². The lowest BCUT2D eigenvalue weighted by Crippen LogP contribution is -1.99. The van der Waals surface area contributed by atoms with Gasteiger partial charge >= 0.3 is 0 Å². The van der Waals surface area contributed by atoms with E-state index in [0.717, 1.165) is 34.6 Å². The molecule has 4 nitrogen and oxygen atoms in total. The average molecular weight is 267 g/mol. The maximum absolute atomic E-state index is 6.03. The second-order valence-electron chi connectivity index (χ2n) is 4.70. The molecule has 2 aromatic carbocycles. The van der Waals surface area contributed by atoms with Gasteiger partial charge in [0, 0.05) is 5.56 Å². The second-order valence-corrected chi connectivity index (χ2v) is 4.70. The number of nitrogen functional groups attached to an aromatic ring is 1. The Morgan fingerprint density at radius 2 is 2.05 bits per heavy atom. The summed E-state index contributed by atoms with van der Waals surface area (Å²) in [5.41, 5.74) is 9.60. The molecular weight excluding hydrogens is 250 g/mol. The van der Waals surface area contributed by atoms with Gasteiger partial charge in [0.25, 0.3) is 0 Å². The normalized spacial score (nSPS) is 10.8. The van der Waals surface area contributed by atoms with Gasteiger partial charge in [0.1, 0.15) is 11.6 Å². The smallest absolute Gasteiger partial charge is 0.142 e. The first-order chi connectivity index (χ1) is 9.78. The third-order valence-corrected chi connectivity index (χ3v) is 3.13. The fourth-order valence-corrected chi connectivity index (χ4v) is 2.13. The van der Waals surface area contributed by atoms with E-state index in [-0.39, 0.29) is 0 Å². The van der Waals surface area contributed by atoms with Crippen molar-refractivity contribution in [2.45, 2.75) is 13.3 Å². The lowest BCUT2D eigenvalue weighted by Gasteiger charge is -2.08. The molecule has 102 valence electrons. The summed E-state index contributed by atoms with van der Waals surface area (Å²) in [5, 5.41) is 0. The fraction of sp³-hybridized carbons (Fsp3) is 0.188. The van der Waals surface area contributed by atoms with Crippen LogP contribution < -0.4 is 10.5 Å². The molecule has 3 rings (SSSR count). The maximum atomic E-state index is 6.03. The number of benzene rings is 2. The first kappa shape index (κ1) is 12.5. The van der Waals surface area contributed by atoms with E-state index in [4.69, 9.17) is 10.5 Å². The number of aromatic nitrogens is 2. The van der Waals surface area contributed by atoms with Crippen molar-refractivity contribution in [3.05, 3.63) is 42.5 Å². The number of H-pyrrole nitrogens is 1. The summed E-state index contributed by atoms with van der Waals surface area (Å²) in [5.74, 6) is 1.55. The summed E-state index contributed by atoms with van der Waals surface area (Å²) in [7, 11) is 0. The molecule has 0 unspecified atom stereocenters. The Hall–Kier alpha value is -2.49. The van der Waals surface area contributed by atoms with Crippen molar-refractivity contribution < 1.29 is 4.74 Å². The predicted octanol–water partition coefficient (Wildman–Crippen LogP) is 3.60. The topological polar surface area (TPSA) is 63.9 Å². The number of nitrogens with one attached hydrogen (secondary N) is 1. The summed E-state index contributed by atoms with van der Waals surface area (Å²) in [6.45, 7) is 2.74. The number of nitrogens with two attached hydrogens (primary N) is 1. The highest BCUT2D eigenvalue weighted by Gasteiger charge is 2.07. The van der Waals surface area contributed by atoms with Crippen LogP contribution in [0.5, 0.6) is 5.75 Å². The van der Waals surface area contributed by atoms with Crippen LogP contribution in [-0.2, 0) is 0 Å². The number of nitrogens with zero attached hydrogens (tertiary/aromatic N) is 1. The fourth-order valence-electron chi connectivity index (χ4n) is 2.13. The molecular formula is C16H17N3O. The minimum atomic E-state index is 0.636. The number of hydrogen-bond donors (Lipinski definition) is 2. The summed E-state index contributed by atoms with van der Waals surface area (Å²) in [6, 6.07) is 13.7. The molecule has 1 aromatic heterocycles. The molecule has 0 amide bonds. The van der Waals surface area contributed by atoms with Gasteiger partial charge in [-0.2, -0.15) is 0 Å². The van der Waals surface area contributed by atoms with E-state index in [0.29, 0.717) is 12.3 Å². The summed E-state index contributed by atoms with van der Waals surface area (Å²) in [6.07, 6.45) is 0.963. The van der Waals surface area contributed by atoms with Crippen molar-refractivity contribution in [3.8, 4) is 17.1 Å². The number of imidazole rings is 1. The van der Waals surface area contributed by atoms with E-state index >= 15 is 0 Å². The zero-order valence-electron chi connectivity index (χ0n) is 11.4. The summed E-state index contributed by atoms with van der Waals surface area (Å²) < 4.78 is 5.58. The predicted molar refractivity (Wildman–Crippen MR) is 81.7 cm³/mol. The average Bonchev–Trinajstić information content (AvgIpc) is 2.90. The van der Waals surface area contributed by atoms with Crippen LogP contribution in [0.3, 0.4) is 0 Å². The number of hydrogen-bond acceptors (Lipinski definition) is 3. The Kier molecular flexibility index (Phi) is 3.29. The molecule has 0 atom stereocenters. The van der Waals surface area contributed by atoms with Gasteiger partial charge in [0.2, 0.25) is 0 Å². The number of para-hydroxylation sites is 2. The summed E-state index contributed by atoms with van der Waals surface area (Å²) in [4.78, 5) is 7.86. The Morgan fingerprint density at radius 1 is 1.20 bits per heavy atom. The molecule has 0 saturated carbocycles. The Labute approximate surface area is 117 Å². The van der Waals surface area contributed by atoms with E-state index < -0.39 is 0 Å². The third kappa shape index (κ3) is 2.32. The number of fused-ring (bicyclic) bond motifs is 1. The van der Waals surface area contributed by atoms with Crippen molar-refractivity contribution >= 4 is 16.7 Å². The molecule has 0 spiro atoms. The molecule has 3 N–H and O–H groups in total. The first-order valence-electron chi connectivity index (χ1n) is 6.75. The van der Waals surface area contributed by atoms with Crippen molar-refractivity contribution in [3.63, 3.8) is 0 Å². The van der Waals surface area contributed by atoms with E-state index in [1.165, 1.54) is 0 Å². The van der Waals surface area contributed by atoms with Gasteiger partial charge in [-0.3, -0.25) is 0 Å². The molecule has 20 heavy (non-hydrogen) atoms. The van der Waals surface area contributed by atoms with Gasteiger partial charge in [0.05, 0.1) is 23.3 Å². The molecule has 0 aliphatic carbocycles. The van der Waals surface area contributed by atoms with E-state index in [9.17, 15) is 0 Å². The maximum Gasteiger partial charge on any atom is 0.142 e. The Morgan fingerprint density at radius 3 is 2.80 bits per heavy atom. The molecule has 0 fully saturated rings. The van der Waals surface area contributed by atoms with Crippen LogP contribution in [0.25, 0.3) is 22.4 Å². The molecule has 0 radical (unpaired) electrons. The van der Waals surface area contributed by atoms with Crippen molar-refractivity contribution in [1.82, 2.24) is 9.97 Å². The van der Waals surface area contributed by atoms with Crippen LogP contribution in [0, 0.1) is 0 Å². The highest BCUT2D eigenvalue weighted by atomic mass is 16.5. The van der Waals surface area contributed by atoms with E-state index in [1.807, 2.05) is 42.5 Å². The number of ether oxygens (including phenoxy) is 1. The standard InChI is InChI=1S/C16H17N3O/c1-2-9-20-15-8-7-11(10-12(15)17)16-18-13-5-3-4-6-14(13)19-16/h3-8,10H,2,9,17H2,1H3,(H,18,19). The first-order valence-corrected chi connectivity index (χ1v) is 6.75. The van der Waals surface area contributed by atoms with Crippen LogP contribution in [0.4, 0.5) is 5.69 Å². The molecule has 4 heteroatoms. The van der Waals surface area contributed by atoms with Gasteiger partial charge in [-0.1, -0.05) is 19.1 Å². The SMILES string of the molecule is CCCOc1ccc(-c2nc3ccccc3[nH]2)cc1N. The quantitative estimate of drug-likeness (QED) is 0.710. The zero-order chi connectivity index (χ0) is 13.9. The van der Waals surface area contributed by atoms with Gasteiger partial charge in [0.15, 0.2) is 0 Å². The monoisotopic (exact) mass is 267 g/mol. The highest BCUT2D eigenvalue weighted by molar-refractivity contribution is 5.80. The Balaban J connectivity index is 1.95. The number of aromatic amines is 1. The molecule has 0 saturated heterocycles. The number of anilines is 1. The molecule has 3 aromatic rings. The van der Waals surface area contributed by atoms with Crippen LogP contribution >= 0.6 is 0 Å². The lowest BCUT2D eigenvalue weighted by molar-refractivity contribution is 0.319. The molecule has 1 heterocycles. The van der Waals surface area contributed by atoms with Gasteiger partial charge in [-0.05, 0) is 36.8 Å². The van der Waals surface area contributed by atoms with Gasteiger partial charge < -0.3 is 15.5 Å². The second kappa shape index (κ2) is 5.25. The Bertz CT molecular complexity index is 700. The molecule has 0 aliphatic rings. The largest absolute Gasteiger partial charge is 0.491 e. The van der Waals surface area contributed by atoms with Crippen LogP contribution in [0.1, 0.15) is 13.3 Å². The van der Waals surface area contributed by atoms with Crippen molar-refractivity contribution in [1.29, 1.82) is 0 Å². The van der Waals surface area contributed by atoms with Crippen LogP contribution in [0.2, 0.25) is 0 Å². The van der Waals surface area contributed by atoms with E-state index in [2.05, 4.69) is 16.9 Å². The minimum Gasteiger partial charge on any atom is -0.491 e. The van der Waals surface area contributed by atoms with Crippen LogP contribution in [-0.4, -0.2) is 16.6 Å². The van der Waals surface area contributed by atoms with Crippen LogP contribution in [0.15, 0.2) is 42.5 Å². The number of rotatable bonds is 4. The highest BCUT2D eigenvalue weighted by Crippen LogP contribution is 2.28.